The number of ether oxygens (including phenoxy) is 1. The number of amides is 2. The zero-order chi connectivity index (χ0) is 10.1. The van der Waals surface area contributed by atoms with E-state index in [2.05, 4.69) is 5.32 Å². The monoisotopic (exact) mass is 192 g/mol. The first-order chi connectivity index (χ1) is 6.68. The molecule has 1 heterocycles. The Kier molecular flexibility index (Phi) is 1.85. The highest BCUT2D eigenvalue weighted by Gasteiger charge is 2.33. The molecule has 1 aromatic carbocycles. The van der Waals surface area contributed by atoms with Crippen molar-refractivity contribution in [2.75, 3.05) is 0 Å². The summed E-state index contributed by atoms with van der Waals surface area (Å²) < 4.78 is 4.91. The molecule has 0 fully saturated rings. The lowest BCUT2D eigenvalue weighted by Crippen LogP contribution is -2.36. The second-order valence-electron chi connectivity index (χ2n) is 2.90. The summed E-state index contributed by atoms with van der Waals surface area (Å²) in [4.78, 5) is 21.9. The summed E-state index contributed by atoms with van der Waals surface area (Å²) in [6.45, 7) is 0. The number of primary amides is 1. The quantitative estimate of drug-likeness (QED) is 0.496. The van der Waals surface area contributed by atoms with E-state index in [1.807, 2.05) is 0 Å². The summed E-state index contributed by atoms with van der Waals surface area (Å²) in [6, 6.07) is 5.36. The van der Waals surface area contributed by atoms with Crippen LogP contribution in [-0.2, 0) is 4.79 Å². The number of nitrogens with one attached hydrogen (secondary N) is 1. The summed E-state index contributed by atoms with van der Waals surface area (Å²) in [5, 5.41) is 2.31. The maximum absolute atomic E-state index is 11.3. The average molecular weight is 192 g/mol. The van der Waals surface area contributed by atoms with Gasteiger partial charge in [0.2, 0.25) is 0 Å². The first-order valence-electron chi connectivity index (χ1n) is 4.05. The van der Waals surface area contributed by atoms with Gasteiger partial charge in [0.25, 0.3) is 0 Å². The highest BCUT2D eigenvalue weighted by Crippen LogP contribution is 2.32. The van der Waals surface area contributed by atoms with Crippen LogP contribution in [0, 0.1) is 0 Å². The molecule has 0 spiro atoms. The van der Waals surface area contributed by atoms with E-state index in [4.69, 9.17) is 10.5 Å². The Morgan fingerprint density at radius 3 is 2.86 bits per heavy atom. The molecule has 1 unspecified atom stereocenters. The SMILES string of the molecule is NC(=O)NC1C(=O)Oc2ccccc21. The Labute approximate surface area is 79.8 Å². The van der Waals surface area contributed by atoms with Crippen molar-refractivity contribution in [3.63, 3.8) is 0 Å². The molecular formula is C9H8N2O3. The minimum Gasteiger partial charge on any atom is -0.424 e. The third kappa shape index (κ3) is 1.28. The summed E-state index contributed by atoms with van der Waals surface area (Å²) in [5.74, 6) is -0.0405. The molecular weight excluding hydrogens is 184 g/mol. The van der Waals surface area contributed by atoms with E-state index >= 15 is 0 Å². The number of carbonyl (C=O) groups excluding carboxylic acids is 2. The highest BCUT2D eigenvalue weighted by atomic mass is 16.5. The summed E-state index contributed by atoms with van der Waals surface area (Å²) in [7, 11) is 0. The molecule has 0 aliphatic carbocycles. The molecule has 72 valence electrons. The van der Waals surface area contributed by atoms with Crippen molar-refractivity contribution in [2.45, 2.75) is 6.04 Å². The number of benzene rings is 1. The smallest absolute Gasteiger partial charge is 0.338 e. The predicted octanol–water partition coefficient (Wildman–Crippen LogP) is 0.315. The van der Waals surface area contributed by atoms with Crippen LogP contribution in [0.5, 0.6) is 5.75 Å². The molecule has 1 aliphatic rings. The third-order valence-corrected chi connectivity index (χ3v) is 1.96. The number of rotatable bonds is 1. The van der Waals surface area contributed by atoms with Gasteiger partial charge in [0.15, 0.2) is 6.04 Å². The topological polar surface area (TPSA) is 81.4 Å². The normalized spacial score (nSPS) is 18.6. The van der Waals surface area contributed by atoms with E-state index < -0.39 is 18.0 Å². The molecule has 1 atom stereocenters. The number of esters is 1. The third-order valence-electron chi connectivity index (χ3n) is 1.96. The van der Waals surface area contributed by atoms with Crippen molar-refractivity contribution >= 4 is 12.0 Å². The van der Waals surface area contributed by atoms with Gasteiger partial charge >= 0.3 is 12.0 Å². The molecule has 3 N–H and O–H groups in total. The fourth-order valence-corrected chi connectivity index (χ4v) is 1.39. The molecule has 0 bridgehead atoms. The lowest BCUT2D eigenvalue weighted by Gasteiger charge is -2.06. The van der Waals surface area contributed by atoms with Gasteiger partial charge in [-0.25, -0.2) is 9.59 Å². The number of hydrogen-bond donors (Lipinski definition) is 2. The Bertz CT molecular complexity index is 403. The second-order valence-corrected chi connectivity index (χ2v) is 2.90. The molecule has 0 radical (unpaired) electrons. The zero-order valence-electron chi connectivity index (χ0n) is 7.19. The molecule has 1 aliphatic heterocycles. The van der Waals surface area contributed by atoms with Gasteiger partial charge in [-0.15, -0.1) is 0 Å². The van der Waals surface area contributed by atoms with Crippen LogP contribution in [0.15, 0.2) is 24.3 Å². The van der Waals surface area contributed by atoms with E-state index in [0.717, 1.165) is 0 Å². The van der Waals surface area contributed by atoms with Gasteiger partial charge in [-0.3, -0.25) is 0 Å². The molecule has 0 saturated carbocycles. The van der Waals surface area contributed by atoms with Crippen LogP contribution in [0.1, 0.15) is 11.6 Å². The molecule has 5 heteroatoms. The molecule has 0 aromatic heterocycles. The second kappa shape index (κ2) is 3.02. The maximum atomic E-state index is 11.3. The molecule has 2 rings (SSSR count). The van der Waals surface area contributed by atoms with Crippen LogP contribution >= 0.6 is 0 Å². The van der Waals surface area contributed by atoms with E-state index in [-0.39, 0.29) is 0 Å². The van der Waals surface area contributed by atoms with Crippen molar-refractivity contribution in [2.24, 2.45) is 5.73 Å². The van der Waals surface area contributed by atoms with Gasteiger partial charge in [0, 0.05) is 5.56 Å². The molecule has 14 heavy (non-hydrogen) atoms. The highest BCUT2D eigenvalue weighted by molar-refractivity contribution is 5.89. The van der Waals surface area contributed by atoms with Crippen molar-refractivity contribution in [3.8, 4) is 5.75 Å². The van der Waals surface area contributed by atoms with E-state index in [9.17, 15) is 9.59 Å². The number of para-hydroxylation sites is 1. The van der Waals surface area contributed by atoms with Gasteiger partial charge < -0.3 is 15.8 Å². The maximum Gasteiger partial charge on any atom is 0.338 e. The molecule has 5 nitrogen and oxygen atoms in total. The van der Waals surface area contributed by atoms with Crippen LogP contribution in [0.3, 0.4) is 0 Å². The fourth-order valence-electron chi connectivity index (χ4n) is 1.39. The zero-order valence-corrected chi connectivity index (χ0v) is 7.19. The number of carbonyl (C=O) groups is 2. The van der Waals surface area contributed by atoms with E-state index in [0.29, 0.717) is 11.3 Å². The van der Waals surface area contributed by atoms with Gasteiger partial charge in [0.1, 0.15) is 5.75 Å². The number of fused-ring (bicyclic) bond motifs is 1. The number of hydrogen-bond acceptors (Lipinski definition) is 3. The van der Waals surface area contributed by atoms with Gasteiger partial charge in [0.05, 0.1) is 0 Å². The van der Waals surface area contributed by atoms with Crippen LogP contribution in [0.2, 0.25) is 0 Å². The van der Waals surface area contributed by atoms with Gasteiger partial charge in [-0.2, -0.15) is 0 Å². The Morgan fingerprint density at radius 1 is 1.43 bits per heavy atom. The van der Waals surface area contributed by atoms with Crippen LogP contribution in [0.25, 0.3) is 0 Å². The molecule has 0 saturated heterocycles. The first kappa shape index (κ1) is 8.55. The van der Waals surface area contributed by atoms with Crippen LogP contribution in [-0.4, -0.2) is 12.0 Å². The van der Waals surface area contributed by atoms with Crippen molar-refractivity contribution in [3.05, 3.63) is 29.8 Å². The van der Waals surface area contributed by atoms with Crippen molar-refractivity contribution in [1.82, 2.24) is 5.32 Å². The number of nitrogens with two attached hydrogens (primary N) is 1. The minimum atomic E-state index is -0.774. The summed E-state index contributed by atoms with van der Waals surface area (Å²) in [6.07, 6.45) is 0. The van der Waals surface area contributed by atoms with Gasteiger partial charge in [-0.1, -0.05) is 18.2 Å². The standard InChI is InChI=1S/C9H8N2O3/c10-9(13)11-7-5-3-1-2-4-6(5)14-8(7)12/h1-4,7H,(H3,10,11,13). The Balaban J connectivity index is 2.34. The lowest BCUT2D eigenvalue weighted by molar-refractivity contribution is -0.134. The summed E-state index contributed by atoms with van der Waals surface area (Å²) in [5.41, 5.74) is 5.57. The summed E-state index contributed by atoms with van der Waals surface area (Å²) >= 11 is 0. The number of urea groups is 1. The van der Waals surface area contributed by atoms with E-state index in [1.54, 1.807) is 24.3 Å². The molecule has 2 amide bonds. The Morgan fingerprint density at radius 2 is 2.14 bits per heavy atom. The molecule has 1 aromatic rings. The van der Waals surface area contributed by atoms with Gasteiger partial charge in [-0.05, 0) is 6.07 Å². The average Bonchev–Trinajstić information content (AvgIpc) is 2.43. The van der Waals surface area contributed by atoms with E-state index in [1.165, 1.54) is 0 Å². The first-order valence-corrected chi connectivity index (χ1v) is 4.05. The predicted molar refractivity (Wildman–Crippen MR) is 47.5 cm³/mol. The van der Waals surface area contributed by atoms with Crippen molar-refractivity contribution in [1.29, 1.82) is 0 Å². The minimum absolute atomic E-state index is 0.469. The largest absolute Gasteiger partial charge is 0.424 e. The Hall–Kier alpha value is -2.04. The fraction of sp³-hybridized carbons (Fsp3) is 0.111. The lowest BCUT2D eigenvalue weighted by atomic mass is 10.1. The van der Waals surface area contributed by atoms with Crippen LogP contribution < -0.4 is 15.8 Å². The van der Waals surface area contributed by atoms with Crippen molar-refractivity contribution < 1.29 is 14.3 Å². The van der Waals surface area contributed by atoms with Crippen LogP contribution in [0.4, 0.5) is 4.79 Å².